The number of amides is 1. The van der Waals surface area contributed by atoms with Gasteiger partial charge >= 0.3 is 0 Å². The topological polar surface area (TPSA) is 93.7 Å². The largest absolute Gasteiger partial charge is 0.493 e. The fourth-order valence-corrected chi connectivity index (χ4v) is 4.15. The van der Waals surface area contributed by atoms with Crippen molar-refractivity contribution in [3.05, 3.63) is 59.7 Å². The molecular formula is C22H26N2O5S. The van der Waals surface area contributed by atoms with Gasteiger partial charge in [-0.3, -0.25) is 4.79 Å². The normalized spacial score (nSPS) is 13.9. The molecule has 1 saturated carbocycles. The average Bonchev–Trinajstić information content (AvgIpc) is 3.55. The van der Waals surface area contributed by atoms with Crippen molar-refractivity contribution in [3.8, 4) is 11.5 Å². The van der Waals surface area contributed by atoms with Crippen LogP contribution < -0.4 is 19.5 Å². The van der Waals surface area contributed by atoms with Gasteiger partial charge in [0.2, 0.25) is 15.9 Å². The lowest BCUT2D eigenvalue weighted by Crippen LogP contribution is -2.25. The molecule has 160 valence electrons. The van der Waals surface area contributed by atoms with Crippen LogP contribution in [-0.2, 0) is 21.2 Å². The summed E-state index contributed by atoms with van der Waals surface area (Å²) in [5.74, 6) is 1.09. The van der Waals surface area contributed by atoms with E-state index in [1.807, 2.05) is 18.2 Å². The van der Waals surface area contributed by atoms with E-state index < -0.39 is 10.0 Å². The Morgan fingerprint density at radius 2 is 1.77 bits per heavy atom. The summed E-state index contributed by atoms with van der Waals surface area (Å²) in [4.78, 5) is 12.3. The highest BCUT2D eigenvalue weighted by molar-refractivity contribution is 7.89. The molecule has 0 aliphatic heterocycles. The number of benzene rings is 2. The van der Waals surface area contributed by atoms with Crippen LogP contribution in [0.3, 0.4) is 0 Å². The monoisotopic (exact) mass is 430 g/mol. The van der Waals surface area contributed by atoms with E-state index in [-0.39, 0.29) is 16.8 Å². The molecule has 0 atom stereocenters. The molecule has 30 heavy (non-hydrogen) atoms. The zero-order valence-electron chi connectivity index (χ0n) is 17.1. The van der Waals surface area contributed by atoms with Gasteiger partial charge in [-0.25, -0.2) is 13.1 Å². The lowest BCUT2D eigenvalue weighted by Gasteiger charge is -2.09. The zero-order chi connectivity index (χ0) is 21.6. The number of ether oxygens (including phenoxy) is 2. The number of carbonyl (C=O) groups excluding carboxylic acids is 1. The number of hydrogen-bond donors (Lipinski definition) is 2. The smallest absolute Gasteiger partial charge is 0.244 e. The van der Waals surface area contributed by atoms with E-state index in [4.69, 9.17) is 9.47 Å². The fourth-order valence-electron chi connectivity index (χ4n) is 2.84. The highest BCUT2D eigenvalue weighted by Crippen LogP contribution is 2.27. The van der Waals surface area contributed by atoms with E-state index in [0.29, 0.717) is 24.5 Å². The number of carbonyl (C=O) groups is 1. The minimum Gasteiger partial charge on any atom is -0.493 e. The van der Waals surface area contributed by atoms with Crippen molar-refractivity contribution in [3.63, 3.8) is 0 Å². The molecule has 2 aromatic carbocycles. The molecule has 3 rings (SSSR count). The fraction of sp³-hybridized carbons (Fsp3) is 0.318. The van der Waals surface area contributed by atoms with Gasteiger partial charge in [-0.2, -0.15) is 0 Å². The first-order valence-corrected chi connectivity index (χ1v) is 11.2. The molecule has 2 N–H and O–H groups in total. The molecule has 1 aliphatic rings. The van der Waals surface area contributed by atoms with Crippen LogP contribution in [0.25, 0.3) is 6.08 Å². The third-order valence-corrected chi connectivity index (χ3v) is 6.21. The Labute approximate surface area is 177 Å². The van der Waals surface area contributed by atoms with E-state index in [9.17, 15) is 13.2 Å². The molecule has 8 heteroatoms. The van der Waals surface area contributed by atoms with Crippen LogP contribution in [0.2, 0.25) is 0 Å². The number of rotatable bonds is 10. The van der Waals surface area contributed by atoms with Gasteiger partial charge in [-0.15, -0.1) is 0 Å². The highest BCUT2D eigenvalue weighted by atomic mass is 32.2. The summed E-state index contributed by atoms with van der Waals surface area (Å²) in [6.45, 7) is 0.475. The van der Waals surface area contributed by atoms with Gasteiger partial charge in [0.05, 0.1) is 19.1 Å². The van der Waals surface area contributed by atoms with Crippen LogP contribution in [0.5, 0.6) is 11.5 Å². The lowest BCUT2D eigenvalue weighted by molar-refractivity contribution is -0.116. The SMILES string of the molecule is COc1ccc(CCNC(=O)/C=C/c2ccc(S(=O)(=O)NC3CC3)cc2)cc1OC. The molecule has 0 radical (unpaired) electrons. The number of nitrogens with one attached hydrogen (secondary N) is 2. The highest BCUT2D eigenvalue weighted by Gasteiger charge is 2.27. The first-order chi connectivity index (χ1) is 14.4. The molecule has 0 saturated heterocycles. The minimum absolute atomic E-state index is 0.0669. The van der Waals surface area contributed by atoms with Crippen molar-refractivity contribution in [1.82, 2.24) is 10.0 Å². The lowest BCUT2D eigenvalue weighted by atomic mass is 10.1. The minimum atomic E-state index is -3.46. The first-order valence-electron chi connectivity index (χ1n) is 9.70. The molecule has 0 unspecified atom stereocenters. The van der Waals surface area contributed by atoms with Gasteiger partial charge in [0.1, 0.15) is 0 Å². The molecule has 1 fully saturated rings. The van der Waals surface area contributed by atoms with Gasteiger partial charge in [0.25, 0.3) is 0 Å². The molecule has 0 spiro atoms. The molecule has 0 bridgehead atoms. The third-order valence-electron chi connectivity index (χ3n) is 4.68. The third kappa shape index (κ3) is 6.08. The van der Waals surface area contributed by atoms with E-state index >= 15 is 0 Å². The van der Waals surface area contributed by atoms with E-state index in [2.05, 4.69) is 10.0 Å². The Hall–Kier alpha value is -2.84. The second kappa shape index (κ2) is 9.77. The Balaban J connectivity index is 1.48. The van der Waals surface area contributed by atoms with Crippen LogP contribution in [0.4, 0.5) is 0 Å². The average molecular weight is 431 g/mol. The van der Waals surface area contributed by atoms with Crippen LogP contribution in [0.15, 0.2) is 53.4 Å². The Bertz CT molecular complexity index is 1010. The van der Waals surface area contributed by atoms with Gasteiger partial charge in [-0.05, 0) is 60.7 Å². The summed E-state index contributed by atoms with van der Waals surface area (Å²) >= 11 is 0. The van der Waals surface area contributed by atoms with Crippen molar-refractivity contribution in [2.75, 3.05) is 20.8 Å². The Kier molecular flexibility index (Phi) is 7.12. The van der Waals surface area contributed by atoms with E-state index in [0.717, 1.165) is 24.0 Å². The molecule has 0 heterocycles. The second-order valence-electron chi connectivity index (χ2n) is 7.03. The van der Waals surface area contributed by atoms with Gasteiger partial charge in [0.15, 0.2) is 11.5 Å². The van der Waals surface area contributed by atoms with Crippen molar-refractivity contribution >= 4 is 22.0 Å². The van der Waals surface area contributed by atoms with Gasteiger partial charge in [-0.1, -0.05) is 18.2 Å². The quantitative estimate of drug-likeness (QED) is 0.565. The summed E-state index contributed by atoms with van der Waals surface area (Å²) in [5, 5.41) is 2.83. The van der Waals surface area contributed by atoms with Crippen molar-refractivity contribution in [2.45, 2.75) is 30.2 Å². The predicted octanol–water partition coefficient (Wildman–Crippen LogP) is 2.52. The van der Waals surface area contributed by atoms with Crippen LogP contribution in [-0.4, -0.2) is 41.1 Å². The van der Waals surface area contributed by atoms with Crippen LogP contribution >= 0.6 is 0 Å². The zero-order valence-corrected chi connectivity index (χ0v) is 17.9. The van der Waals surface area contributed by atoms with Crippen LogP contribution in [0.1, 0.15) is 24.0 Å². The summed E-state index contributed by atoms with van der Waals surface area (Å²) in [5.41, 5.74) is 1.77. The summed E-state index contributed by atoms with van der Waals surface area (Å²) in [6.07, 6.45) is 5.51. The number of sulfonamides is 1. The maximum atomic E-state index is 12.2. The van der Waals surface area contributed by atoms with E-state index in [1.54, 1.807) is 44.6 Å². The predicted molar refractivity (Wildman–Crippen MR) is 115 cm³/mol. The molecular weight excluding hydrogens is 404 g/mol. The van der Waals surface area contributed by atoms with Crippen LogP contribution in [0, 0.1) is 0 Å². The maximum absolute atomic E-state index is 12.2. The van der Waals surface area contributed by atoms with Gasteiger partial charge < -0.3 is 14.8 Å². The summed E-state index contributed by atoms with van der Waals surface area (Å²) < 4.78 is 37.5. The summed E-state index contributed by atoms with van der Waals surface area (Å²) in [7, 11) is -0.295. The van der Waals surface area contributed by atoms with Crippen molar-refractivity contribution < 1.29 is 22.7 Å². The number of methoxy groups -OCH3 is 2. The van der Waals surface area contributed by atoms with Gasteiger partial charge in [0, 0.05) is 18.7 Å². The Morgan fingerprint density at radius 3 is 2.40 bits per heavy atom. The van der Waals surface area contributed by atoms with Crippen molar-refractivity contribution in [2.24, 2.45) is 0 Å². The molecule has 2 aromatic rings. The standard InChI is InChI=1S/C22H26N2O5S/c1-28-20-11-5-17(15-21(20)29-2)13-14-23-22(25)12-6-16-3-9-19(10-4-16)30(26,27)24-18-7-8-18/h3-6,9-12,15,18,24H,7-8,13-14H2,1-2H3,(H,23,25)/b12-6+. The van der Waals surface area contributed by atoms with E-state index in [1.165, 1.54) is 6.08 Å². The summed E-state index contributed by atoms with van der Waals surface area (Å²) in [6, 6.07) is 12.1. The molecule has 7 nitrogen and oxygen atoms in total. The maximum Gasteiger partial charge on any atom is 0.244 e. The number of hydrogen-bond acceptors (Lipinski definition) is 5. The van der Waals surface area contributed by atoms with Crippen molar-refractivity contribution in [1.29, 1.82) is 0 Å². The molecule has 1 aliphatic carbocycles. The molecule has 1 amide bonds. The first kappa shape index (κ1) is 21.9. The second-order valence-corrected chi connectivity index (χ2v) is 8.74. The Morgan fingerprint density at radius 1 is 1.07 bits per heavy atom. The molecule has 0 aromatic heterocycles.